The number of likely N-dealkylation sites (tertiary alicyclic amines) is 1. The van der Waals surface area contributed by atoms with Crippen LogP contribution in [0.3, 0.4) is 0 Å². The molecule has 0 saturated carbocycles. The Kier molecular flexibility index (Phi) is 6.22. The first-order chi connectivity index (χ1) is 12.8. The minimum Gasteiger partial charge on any atom is -0.326 e. The number of halogens is 4. The molecule has 3 rings (SSSR count). The van der Waals surface area contributed by atoms with E-state index in [-0.39, 0.29) is 11.8 Å². The van der Waals surface area contributed by atoms with E-state index in [0.29, 0.717) is 12.2 Å². The van der Waals surface area contributed by atoms with Gasteiger partial charge in [0, 0.05) is 23.2 Å². The molecule has 3 nitrogen and oxygen atoms in total. The number of piperidine rings is 1. The summed E-state index contributed by atoms with van der Waals surface area (Å²) in [5.41, 5.74) is 0.837. The lowest BCUT2D eigenvalue weighted by molar-refractivity contribution is -0.137. The molecule has 1 unspecified atom stereocenters. The molecule has 0 bridgehead atoms. The van der Waals surface area contributed by atoms with Crippen LogP contribution in [0.25, 0.3) is 0 Å². The summed E-state index contributed by atoms with van der Waals surface area (Å²) in [7, 11) is 0. The zero-order valence-corrected chi connectivity index (χ0v) is 16.2. The summed E-state index contributed by atoms with van der Waals surface area (Å²) >= 11 is 3.46. The average molecular weight is 441 g/mol. The standard InChI is InChI=1S/C20H20BrF3N2O/c21-17-5-1-3-14(11-17)12-26-10-2-4-15(13-26)19(27)25-18-8-6-16(7-9-18)20(22,23)24/h1,3,5-9,11,15H,2,4,10,12-13H2,(H,25,27). The number of hydrogen-bond donors (Lipinski definition) is 1. The van der Waals surface area contributed by atoms with E-state index in [1.807, 2.05) is 12.1 Å². The van der Waals surface area contributed by atoms with Crippen LogP contribution in [0, 0.1) is 5.92 Å². The fourth-order valence-electron chi connectivity index (χ4n) is 3.29. The molecular weight excluding hydrogens is 421 g/mol. The van der Waals surface area contributed by atoms with Crippen molar-refractivity contribution in [3.8, 4) is 0 Å². The molecule has 2 aromatic carbocycles. The molecule has 0 aliphatic carbocycles. The number of anilines is 1. The molecular formula is C20H20BrF3N2O. The Balaban J connectivity index is 1.58. The van der Waals surface area contributed by atoms with Gasteiger partial charge in [0.05, 0.1) is 11.5 Å². The largest absolute Gasteiger partial charge is 0.416 e. The Labute approximate surface area is 164 Å². The SMILES string of the molecule is O=C(Nc1ccc(C(F)(F)F)cc1)C1CCCN(Cc2cccc(Br)c2)C1. The molecule has 1 amide bonds. The van der Waals surface area contributed by atoms with E-state index in [1.54, 1.807) is 0 Å². The van der Waals surface area contributed by atoms with Crippen LogP contribution in [-0.2, 0) is 17.5 Å². The summed E-state index contributed by atoms with van der Waals surface area (Å²) in [4.78, 5) is 14.8. The smallest absolute Gasteiger partial charge is 0.326 e. The molecule has 1 aliphatic rings. The summed E-state index contributed by atoms with van der Waals surface area (Å²) in [6.45, 7) is 2.33. The number of benzene rings is 2. The zero-order chi connectivity index (χ0) is 19.4. The first-order valence-corrected chi connectivity index (χ1v) is 9.55. The van der Waals surface area contributed by atoms with Gasteiger partial charge in [0.2, 0.25) is 5.91 Å². The molecule has 27 heavy (non-hydrogen) atoms. The Morgan fingerprint density at radius 3 is 2.59 bits per heavy atom. The van der Waals surface area contributed by atoms with Gasteiger partial charge in [-0.25, -0.2) is 0 Å². The molecule has 144 valence electrons. The van der Waals surface area contributed by atoms with Gasteiger partial charge in [-0.15, -0.1) is 0 Å². The lowest BCUT2D eigenvalue weighted by Gasteiger charge is -2.32. The number of amides is 1. The molecule has 0 aromatic heterocycles. The van der Waals surface area contributed by atoms with Crippen molar-refractivity contribution in [1.82, 2.24) is 4.90 Å². The number of nitrogens with one attached hydrogen (secondary N) is 1. The van der Waals surface area contributed by atoms with Gasteiger partial charge in [0.25, 0.3) is 0 Å². The van der Waals surface area contributed by atoms with Gasteiger partial charge in [-0.05, 0) is 61.3 Å². The number of carbonyl (C=O) groups excluding carboxylic acids is 1. The monoisotopic (exact) mass is 440 g/mol. The molecule has 0 radical (unpaired) electrons. The van der Waals surface area contributed by atoms with Crippen LogP contribution in [0.5, 0.6) is 0 Å². The summed E-state index contributed by atoms with van der Waals surface area (Å²) < 4.78 is 38.9. The van der Waals surface area contributed by atoms with Crippen LogP contribution in [0.1, 0.15) is 24.0 Å². The van der Waals surface area contributed by atoms with Crippen molar-refractivity contribution in [3.63, 3.8) is 0 Å². The van der Waals surface area contributed by atoms with Gasteiger partial charge in [-0.3, -0.25) is 9.69 Å². The lowest BCUT2D eigenvalue weighted by atomic mass is 9.96. The van der Waals surface area contributed by atoms with Gasteiger partial charge in [0.15, 0.2) is 0 Å². The topological polar surface area (TPSA) is 32.3 Å². The Morgan fingerprint density at radius 2 is 1.93 bits per heavy atom. The molecule has 7 heteroatoms. The van der Waals surface area contributed by atoms with E-state index in [4.69, 9.17) is 0 Å². The maximum Gasteiger partial charge on any atom is 0.416 e. The van der Waals surface area contributed by atoms with Crippen molar-refractivity contribution >= 4 is 27.5 Å². The van der Waals surface area contributed by atoms with Crippen molar-refractivity contribution in [2.45, 2.75) is 25.6 Å². The maximum atomic E-state index is 12.6. The second-order valence-corrected chi connectivity index (χ2v) is 7.68. The van der Waals surface area contributed by atoms with Crippen LogP contribution < -0.4 is 5.32 Å². The summed E-state index contributed by atoms with van der Waals surface area (Å²) in [6, 6.07) is 12.6. The fourth-order valence-corrected chi connectivity index (χ4v) is 3.74. The van der Waals surface area contributed by atoms with E-state index >= 15 is 0 Å². The number of nitrogens with zero attached hydrogens (tertiary/aromatic N) is 1. The van der Waals surface area contributed by atoms with Crippen molar-refractivity contribution in [1.29, 1.82) is 0 Å². The molecule has 1 N–H and O–H groups in total. The number of carbonyl (C=O) groups is 1. The minimum atomic E-state index is -4.38. The highest BCUT2D eigenvalue weighted by Crippen LogP contribution is 2.30. The minimum absolute atomic E-state index is 0.145. The van der Waals surface area contributed by atoms with Gasteiger partial charge in [-0.2, -0.15) is 13.2 Å². The van der Waals surface area contributed by atoms with E-state index in [0.717, 1.165) is 42.5 Å². The van der Waals surface area contributed by atoms with Crippen molar-refractivity contribution in [3.05, 3.63) is 64.1 Å². The van der Waals surface area contributed by atoms with Crippen molar-refractivity contribution in [2.24, 2.45) is 5.92 Å². The number of rotatable bonds is 4. The van der Waals surface area contributed by atoms with Gasteiger partial charge in [0.1, 0.15) is 0 Å². The van der Waals surface area contributed by atoms with Gasteiger partial charge in [-0.1, -0.05) is 28.1 Å². The third-order valence-corrected chi connectivity index (χ3v) is 5.14. The fraction of sp³-hybridized carbons (Fsp3) is 0.350. The molecule has 1 heterocycles. The third-order valence-electron chi connectivity index (χ3n) is 4.65. The van der Waals surface area contributed by atoms with E-state index in [1.165, 1.54) is 17.7 Å². The Hall–Kier alpha value is -1.86. The molecule has 0 spiro atoms. The molecule has 1 saturated heterocycles. The highest BCUT2D eigenvalue weighted by Gasteiger charge is 2.30. The highest BCUT2D eigenvalue weighted by molar-refractivity contribution is 9.10. The molecule has 1 aliphatic heterocycles. The van der Waals surface area contributed by atoms with Crippen LogP contribution >= 0.6 is 15.9 Å². The van der Waals surface area contributed by atoms with Gasteiger partial charge >= 0.3 is 6.18 Å². The van der Waals surface area contributed by atoms with Crippen LogP contribution in [0.4, 0.5) is 18.9 Å². The Morgan fingerprint density at radius 1 is 1.19 bits per heavy atom. The lowest BCUT2D eigenvalue weighted by Crippen LogP contribution is -2.40. The second kappa shape index (κ2) is 8.44. The van der Waals surface area contributed by atoms with Gasteiger partial charge < -0.3 is 5.32 Å². The van der Waals surface area contributed by atoms with E-state index in [2.05, 4.69) is 38.3 Å². The summed E-state index contributed by atoms with van der Waals surface area (Å²) in [5, 5.41) is 2.74. The zero-order valence-electron chi connectivity index (χ0n) is 14.6. The second-order valence-electron chi connectivity index (χ2n) is 6.77. The van der Waals surface area contributed by atoms with E-state index < -0.39 is 11.7 Å². The van der Waals surface area contributed by atoms with Crippen LogP contribution in [-0.4, -0.2) is 23.9 Å². The van der Waals surface area contributed by atoms with Crippen molar-refractivity contribution in [2.75, 3.05) is 18.4 Å². The van der Waals surface area contributed by atoms with Crippen molar-refractivity contribution < 1.29 is 18.0 Å². The predicted molar refractivity (Wildman–Crippen MR) is 102 cm³/mol. The summed E-state index contributed by atoms with van der Waals surface area (Å²) in [6.07, 6.45) is -2.68. The normalized spacial score (nSPS) is 18.3. The molecule has 1 fully saturated rings. The van der Waals surface area contributed by atoms with Crippen LogP contribution in [0.2, 0.25) is 0 Å². The quantitative estimate of drug-likeness (QED) is 0.697. The average Bonchev–Trinajstić information content (AvgIpc) is 2.62. The number of alkyl halides is 3. The molecule has 1 atom stereocenters. The highest BCUT2D eigenvalue weighted by atomic mass is 79.9. The first-order valence-electron chi connectivity index (χ1n) is 8.76. The first kappa shape index (κ1) is 19.9. The maximum absolute atomic E-state index is 12.6. The predicted octanol–water partition coefficient (Wildman–Crippen LogP) is 5.32. The molecule has 2 aromatic rings. The summed E-state index contributed by atoms with van der Waals surface area (Å²) in [5.74, 6) is -0.318. The Bertz CT molecular complexity index is 793. The third kappa shape index (κ3) is 5.56. The number of hydrogen-bond acceptors (Lipinski definition) is 2. The van der Waals surface area contributed by atoms with Crippen LogP contribution in [0.15, 0.2) is 53.0 Å². The van der Waals surface area contributed by atoms with E-state index in [9.17, 15) is 18.0 Å².